The number of aromatic nitrogens is 1. The molecule has 0 radical (unpaired) electrons. The topological polar surface area (TPSA) is 62.5 Å². The van der Waals surface area contributed by atoms with Crippen molar-refractivity contribution in [3.8, 4) is 0 Å². The Hall–Kier alpha value is -1.99. The number of hydrogen-bond acceptors (Lipinski definition) is 4. The molecule has 1 aromatic heterocycles. The maximum absolute atomic E-state index is 11.6. The minimum absolute atomic E-state index is 0.0278. The van der Waals surface area contributed by atoms with Crippen LogP contribution in [0.2, 0.25) is 5.02 Å². The summed E-state index contributed by atoms with van der Waals surface area (Å²) in [5, 5.41) is 1.07. The Morgan fingerprint density at radius 2 is 1.79 bits per heavy atom. The van der Waals surface area contributed by atoms with Crippen molar-refractivity contribution in [1.82, 2.24) is 9.88 Å². The molecule has 2 aromatic rings. The van der Waals surface area contributed by atoms with Gasteiger partial charge in [-0.25, -0.2) is 13.8 Å². The summed E-state index contributed by atoms with van der Waals surface area (Å²) in [6.07, 6.45) is -2.14. The van der Waals surface area contributed by atoms with Crippen LogP contribution in [-0.2, 0) is 0 Å². The second kappa shape index (κ2) is 10.7. The van der Waals surface area contributed by atoms with Gasteiger partial charge in [-0.05, 0) is 30.2 Å². The number of pyridine rings is 1. The van der Waals surface area contributed by atoms with Crippen LogP contribution in [0, 0.1) is 5.92 Å². The number of nitrogens with two attached hydrogens (primary N) is 1. The minimum Gasteiger partial charge on any atom is -0.366 e. The van der Waals surface area contributed by atoms with E-state index in [1.807, 2.05) is 18.2 Å². The Balaban J connectivity index is 0.000000537. The predicted molar refractivity (Wildman–Crippen MR) is 115 cm³/mol. The number of piperazine rings is 1. The molecule has 29 heavy (non-hydrogen) atoms. The van der Waals surface area contributed by atoms with Crippen molar-refractivity contribution in [3.63, 3.8) is 0 Å². The molecule has 8 heteroatoms. The highest BCUT2D eigenvalue weighted by Crippen LogP contribution is 2.27. The van der Waals surface area contributed by atoms with Gasteiger partial charge in [-0.2, -0.15) is 0 Å². The zero-order valence-corrected chi connectivity index (χ0v) is 17.9. The quantitative estimate of drug-likeness (QED) is 0.768. The summed E-state index contributed by atoms with van der Waals surface area (Å²) in [6.45, 7) is 11.1. The van der Waals surface area contributed by atoms with Gasteiger partial charge >= 0.3 is 0 Å². The number of alkyl halides is 2. The molecule has 1 aliphatic rings. The van der Waals surface area contributed by atoms with Gasteiger partial charge in [0.15, 0.2) is 0 Å². The minimum atomic E-state index is -2.12. The number of fused-ring (bicyclic) bond motifs is 1. The molecular weight excluding hydrogens is 398 g/mol. The molecule has 0 atom stereocenters. The first-order chi connectivity index (χ1) is 13.7. The van der Waals surface area contributed by atoms with Crippen molar-refractivity contribution in [2.45, 2.75) is 33.6 Å². The van der Waals surface area contributed by atoms with E-state index in [4.69, 9.17) is 22.3 Å². The molecule has 1 fully saturated rings. The maximum Gasteiger partial charge on any atom is 0.250 e. The van der Waals surface area contributed by atoms with Crippen LogP contribution in [0.5, 0.6) is 0 Å². The van der Waals surface area contributed by atoms with Gasteiger partial charge in [0.05, 0.1) is 16.1 Å². The van der Waals surface area contributed by atoms with Gasteiger partial charge in [0.2, 0.25) is 6.43 Å². The lowest BCUT2D eigenvalue weighted by Crippen LogP contribution is -2.47. The van der Waals surface area contributed by atoms with Crippen molar-refractivity contribution in [1.29, 1.82) is 0 Å². The summed E-state index contributed by atoms with van der Waals surface area (Å²) in [4.78, 5) is 21.1. The highest BCUT2D eigenvalue weighted by atomic mass is 35.5. The Morgan fingerprint density at radius 1 is 1.17 bits per heavy atom. The Morgan fingerprint density at radius 3 is 2.31 bits per heavy atom. The van der Waals surface area contributed by atoms with Crippen LogP contribution in [0.15, 0.2) is 24.3 Å². The van der Waals surface area contributed by atoms with Gasteiger partial charge in [0.1, 0.15) is 5.82 Å². The van der Waals surface area contributed by atoms with E-state index in [0.29, 0.717) is 21.9 Å². The van der Waals surface area contributed by atoms with Gasteiger partial charge in [-0.1, -0.05) is 32.4 Å². The lowest BCUT2D eigenvalue weighted by Gasteiger charge is -2.36. The van der Waals surface area contributed by atoms with Crippen molar-refractivity contribution >= 4 is 34.2 Å². The molecule has 0 bridgehead atoms. The number of halogens is 3. The fourth-order valence-electron chi connectivity index (χ4n) is 3.27. The molecule has 1 aromatic carbocycles. The highest BCUT2D eigenvalue weighted by Gasteiger charge is 2.19. The first-order valence-corrected chi connectivity index (χ1v) is 10.2. The van der Waals surface area contributed by atoms with Gasteiger partial charge in [-0.3, -0.25) is 9.69 Å². The first kappa shape index (κ1) is 23.3. The average Bonchev–Trinajstić information content (AvgIpc) is 2.67. The second-order valence-corrected chi connectivity index (χ2v) is 7.91. The third-order valence-corrected chi connectivity index (χ3v) is 5.00. The standard InChI is InChI=1S/C18H23ClN4O.C3H6F2/c1-12(2)11-22-7-9-23(10-8-22)16-6-3-13-15(21-16)5-4-14(19)17(13)18(20)24;1-2-3(4)5/h3-6,12H,7-11H2,1-2H3,(H2,20,24);3H,2H2,1H3. The summed E-state index contributed by atoms with van der Waals surface area (Å²) < 4.78 is 21.5. The smallest absolute Gasteiger partial charge is 0.250 e. The second-order valence-electron chi connectivity index (χ2n) is 7.50. The van der Waals surface area contributed by atoms with Crippen molar-refractivity contribution in [2.75, 3.05) is 37.6 Å². The lowest BCUT2D eigenvalue weighted by molar-refractivity contribution is 0.100. The van der Waals surface area contributed by atoms with E-state index in [9.17, 15) is 13.6 Å². The van der Waals surface area contributed by atoms with E-state index >= 15 is 0 Å². The number of amides is 1. The number of carbonyl (C=O) groups is 1. The number of rotatable bonds is 5. The molecule has 1 amide bonds. The van der Waals surface area contributed by atoms with Crippen molar-refractivity contribution in [3.05, 3.63) is 34.9 Å². The fraction of sp³-hybridized carbons (Fsp3) is 0.524. The van der Waals surface area contributed by atoms with E-state index in [0.717, 1.165) is 44.1 Å². The van der Waals surface area contributed by atoms with Crippen LogP contribution in [0.1, 0.15) is 37.6 Å². The third-order valence-electron chi connectivity index (χ3n) is 4.68. The SMILES string of the molecule is CC(C)CN1CCN(c2ccc3c(C(N)=O)c(Cl)ccc3n2)CC1.CCC(F)F. The summed E-state index contributed by atoms with van der Waals surface area (Å²) in [7, 11) is 0. The zero-order chi connectivity index (χ0) is 21.6. The highest BCUT2D eigenvalue weighted by molar-refractivity contribution is 6.35. The Labute approximate surface area is 175 Å². The average molecular weight is 427 g/mol. The predicted octanol–water partition coefficient (Wildman–Crippen LogP) is 4.43. The van der Waals surface area contributed by atoms with E-state index in [1.165, 1.54) is 6.92 Å². The summed E-state index contributed by atoms with van der Waals surface area (Å²) in [5.74, 6) is 1.10. The lowest BCUT2D eigenvalue weighted by atomic mass is 10.1. The molecule has 160 valence electrons. The molecular formula is C21H29ClF2N4O. The van der Waals surface area contributed by atoms with E-state index < -0.39 is 12.3 Å². The largest absolute Gasteiger partial charge is 0.366 e. The van der Waals surface area contributed by atoms with Crippen molar-refractivity contribution in [2.24, 2.45) is 11.7 Å². The Bertz CT molecular complexity index is 824. The molecule has 0 saturated carbocycles. The van der Waals surface area contributed by atoms with Crippen LogP contribution >= 0.6 is 11.6 Å². The number of primary amides is 1. The monoisotopic (exact) mass is 426 g/mol. The van der Waals surface area contributed by atoms with Crippen LogP contribution in [0.25, 0.3) is 10.9 Å². The number of anilines is 1. The zero-order valence-electron chi connectivity index (χ0n) is 17.2. The van der Waals surface area contributed by atoms with Gasteiger partial charge < -0.3 is 10.6 Å². The number of hydrogen-bond donors (Lipinski definition) is 1. The number of nitrogens with zero attached hydrogens (tertiary/aromatic N) is 3. The molecule has 0 unspecified atom stereocenters. The molecule has 0 spiro atoms. The normalized spacial score (nSPS) is 15.0. The van der Waals surface area contributed by atoms with E-state index in [-0.39, 0.29) is 6.42 Å². The molecule has 2 heterocycles. The number of carbonyl (C=O) groups excluding carboxylic acids is 1. The van der Waals surface area contributed by atoms with Gasteiger partial charge in [-0.15, -0.1) is 0 Å². The maximum atomic E-state index is 11.6. The van der Waals surface area contributed by atoms with E-state index in [2.05, 4.69) is 23.6 Å². The van der Waals surface area contributed by atoms with Gasteiger partial charge in [0.25, 0.3) is 5.91 Å². The molecule has 0 aliphatic carbocycles. The first-order valence-electron chi connectivity index (χ1n) is 9.87. The van der Waals surface area contributed by atoms with Crippen LogP contribution < -0.4 is 10.6 Å². The van der Waals surface area contributed by atoms with Crippen molar-refractivity contribution < 1.29 is 13.6 Å². The number of benzene rings is 1. The molecule has 5 nitrogen and oxygen atoms in total. The fourth-order valence-corrected chi connectivity index (χ4v) is 3.53. The van der Waals surface area contributed by atoms with Crippen LogP contribution in [-0.4, -0.2) is 54.9 Å². The van der Waals surface area contributed by atoms with E-state index in [1.54, 1.807) is 6.07 Å². The van der Waals surface area contributed by atoms with Crippen LogP contribution in [0.4, 0.5) is 14.6 Å². The molecule has 1 aliphatic heterocycles. The Kier molecular flexibility index (Phi) is 8.59. The van der Waals surface area contributed by atoms with Crippen LogP contribution in [0.3, 0.4) is 0 Å². The third kappa shape index (κ3) is 6.51. The molecule has 2 N–H and O–H groups in total. The summed E-state index contributed by atoms with van der Waals surface area (Å²) in [6, 6.07) is 7.36. The molecule has 3 rings (SSSR count). The van der Waals surface area contributed by atoms with Gasteiger partial charge in [0, 0.05) is 44.5 Å². The molecule has 1 saturated heterocycles. The summed E-state index contributed by atoms with van der Waals surface area (Å²) in [5.41, 5.74) is 6.54. The summed E-state index contributed by atoms with van der Waals surface area (Å²) >= 11 is 6.10.